The van der Waals surface area contributed by atoms with Gasteiger partial charge < -0.3 is 74.6 Å². The molecule has 3 heterocycles. The Morgan fingerprint density at radius 3 is 2.21 bits per heavy atom. The number of amides is 2. The van der Waals surface area contributed by atoms with Crippen molar-refractivity contribution in [2.24, 2.45) is 0 Å². The van der Waals surface area contributed by atoms with Gasteiger partial charge in [0.25, 0.3) is 5.91 Å². The highest BCUT2D eigenvalue weighted by molar-refractivity contribution is 6.31. The average Bonchev–Trinajstić information content (AvgIpc) is 3.21. The van der Waals surface area contributed by atoms with Crippen LogP contribution in [0.3, 0.4) is 0 Å². The Morgan fingerprint density at radius 1 is 0.852 bits per heavy atom. The van der Waals surface area contributed by atoms with E-state index in [0.29, 0.717) is 0 Å². The van der Waals surface area contributed by atoms with Crippen LogP contribution in [0.2, 0.25) is 0 Å². The highest BCUT2D eigenvalue weighted by Crippen LogP contribution is 2.57. The number of hydrogen-bond acceptors (Lipinski definition) is 18. The fourth-order valence-corrected chi connectivity index (χ4v) is 8.45. The third kappa shape index (κ3) is 6.52. The predicted octanol–water partition coefficient (Wildman–Crippen LogP) is -0.130. The molecule has 0 saturated carbocycles. The second kappa shape index (κ2) is 15.2. The summed E-state index contributed by atoms with van der Waals surface area (Å²) in [6, 6.07) is 3.25. The van der Waals surface area contributed by atoms with Crippen molar-refractivity contribution in [3.8, 4) is 34.1 Å². The molecule has 8 rings (SSSR count). The van der Waals surface area contributed by atoms with Gasteiger partial charge in [-0.3, -0.25) is 24.1 Å². The van der Waals surface area contributed by atoms with Crippen LogP contribution >= 0.6 is 0 Å². The Hall–Kier alpha value is -5.91. The monoisotopic (exact) mass is 852 g/mol. The van der Waals surface area contributed by atoms with E-state index in [1.165, 1.54) is 40.1 Å². The standard InChI is InChI=1S/C40H40N2O19/c1-11-5-17-24(30(49)21(11)36(52)41-12(2)38(53)54)23-15(8-16-25(31(23)50)27(46)14-6-13(56-4)7-18(43)22(14)26(16)45)28(47)33(17)59-20-10-57-37-35(34(20)61-40(55)42(37)3)60-39-32(51)29(48)19(44)9-58-39/h5-8,12,19-20,28-29,32-35,37,39,43-44,47-51H,9-10H2,1-4H3,(H,41,52)(H,53,54)/t12?,19?,20?,28-,29?,32?,33-,34?,35?,37?,39?/m0/s1. The molecule has 3 saturated heterocycles. The first kappa shape index (κ1) is 41.8. The first-order chi connectivity index (χ1) is 28.9. The number of carbonyl (C=O) groups is 5. The number of rotatable bonds is 8. The molecule has 21 heteroatoms. The molecule has 3 aromatic rings. The average molecular weight is 853 g/mol. The van der Waals surface area contributed by atoms with E-state index in [9.17, 15) is 64.8 Å². The Kier molecular flexibility index (Phi) is 10.4. The lowest BCUT2D eigenvalue weighted by molar-refractivity contribution is -0.339. The number of phenols is 3. The third-order valence-corrected chi connectivity index (χ3v) is 11.6. The van der Waals surface area contributed by atoms with Crippen molar-refractivity contribution in [2.45, 2.75) is 81.2 Å². The van der Waals surface area contributed by atoms with Crippen LogP contribution in [0, 0.1) is 6.92 Å². The zero-order valence-electron chi connectivity index (χ0n) is 32.6. The van der Waals surface area contributed by atoms with E-state index < -0.39 is 149 Å². The number of carbonyl (C=O) groups excluding carboxylic acids is 4. The summed E-state index contributed by atoms with van der Waals surface area (Å²) in [7, 11) is 2.61. The number of aliphatic hydroxyl groups excluding tert-OH is 4. The minimum absolute atomic E-state index is 0.0122. The van der Waals surface area contributed by atoms with E-state index in [1.54, 1.807) is 0 Å². The molecule has 3 aromatic carbocycles. The first-order valence-corrected chi connectivity index (χ1v) is 18.9. The molecule has 11 atom stereocenters. The van der Waals surface area contributed by atoms with Crippen molar-refractivity contribution in [1.82, 2.24) is 10.2 Å². The maximum atomic E-state index is 14.1. The minimum atomic E-state index is -1.88. The smallest absolute Gasteiger partial charge is 0.412 e. The number of ketones is 2. The van der Waals surface area contributed by atoms with Gasteiger partial charge in [0.2, 0.25) is 0 Å². The van der Waals surface area contributed by atoms with Gasteiger partial charge in [0.1, 0.15) is 71.8 Å². The zero-order valence-corrected chi connectivity index (χ0v) is 32.6. The van der Waals surface area contributed by atoms with Gasteiger partial charge in [0, 0.05) is 35.4 Å². The fourth-order valence-electron chi connectivity index (χ4n) is 8.45. The van der Waals surface area contributed by atoms with Crippen molar-refractivity contribution in [3.05, 3.63) is 68.8 Å². The quantitative estimate of drug-likeness (QED) is 0.111. The highest BCUT2D eigenvalue weighted by atomic mass is 16.7. The largest absolute Gasteiger partial charge is 0.507 e. The molecule has 3 aliphatic heterocycles. The fraction of sp³-hybridized carbons (Fsp3) is 0.425. The van der Waals surface area contributed by atoms with Crippen molar-refractivity contribution >= 4 is 29.5 Å². The summed E-state index contributed by atoms with van der Waals surface area (Å²) in [5.74, 6) is -6.65. The summed E-state index contributed by atoms with van der Waals surface area (Å²) >= 11 is 0. The van der Waals surface area contributed by atoms with Crippen LogP contribution in [0.4, 0.5) is 4.79 Å². The van der Waals surface area contributed by atoms with Gasteiger partial charge in [-0.15, -0.1) is 0 Å². The highest BCUT2D eigenvalue weighted by Gasteiger charge is 2.55. The molecular weight excluding hydrogens is 812 g/mol. The molecule has 9 N–H and O–H groups in total. The maximum Gasteiger partial charge on any atom is 0.412 e. The normalized spacial score (nSPS) is 29.4. The Labute approximate surface area is 344 Å². The molecule has 3 fully saturated rings. The summed E-state index contributed by atoms with van der Waals surface area (Å²) in [6.45, 7) is 1.81. The number of hydrogen-bond donors (Lipinski definition) is 9. The summed E-state index contributed by atoms with van der Waals surface area (Å²) in [5.41, 5.74) is -3.33. The van der Waals surface area contributed by atoms with Crippen LogP contribution in [0.15, 0.2) is 24.3 Å². The van der Waals surface area contributed by atoms with Gasteiger partial charge in [0.15, 0.2) is 30.2 Å². The molecule has 61 heavy (non-hydrogen) atoms. The molecule has 5 aliphatic rings. The van der Waals surface area contributed by atoms with Crippen molar-refractivity contribution < 1.29 is 93.2 Å². The lowest BCUT2D eigenvalue weighted by atomic mass is 9.74. The molecule has 9 unspecified atom stereocenters. The maximum absolute atomic E-state index is 14.1. The van der Waals surface area contributed by atoms with E-state index >= 15 is 0 Å². The molecule has 2 bridgehead atoms. The van der Waals surface area contributed by atoms with E-state index in [-0.39, 0.29) is 40.2 Å². The third-order valence-electron chi connectivity index (χ3n) is 11.6. The number of aliphatic carboxylic acids is 1. The van der Waals surface area contributed by atoms with Crippen LogP contribution in [0.5, 0.6) is 23.0 Å². The number of carboxylic acids is 1. The van der Waals surface area contributed by atoms with Crippen LogP contribution in [0.1, 0.15) is 78.0 Å². The van der Waals surface area contributed by atoms with E-state index in [4.69, 9.17) is 28.4 Å². The minimum Gasteiger partial charge on any atom is -0.507 e. The predicted molar refractivity (Wildman–Crippen MR) is 199 cm³/mol. The second-order valence-electron chi connectivity index (χ2n) is 15.3. The summed E-state index contributed by atoms with van der Waals surface area (Å²) in [4.78, 5) is 67.5. The number of phenolic OH excluding ortho intramolecular Hbond substituents is 3. The van der Waals surface area contributed by atoms with Crippen LogP contribution < -0.4 is 10.1 Å². The summed E-state index contributed by atoms with van der Waals surface area (Å²) in [6.07, 6.45) is -16.0. The van der Waals surface area contributed by atoms with E-state index in [2.05, 4.69) is 5.32 Å². The van der Waals surface area contributed by atoms with Gasteiger partial charge in [-0.2, -0.15) is 0 Å². The molecule has 324 valence electrons. The summed E-state index contributed by atoms with van der Waals surface area (Å²) in [5, 5.41) is 89.8. The number of likely N-dealkylation sites (N-methyl/N-ethyl adjacent to an activating group) is 1. The van der Waals surface area contributed by atoms with Crippen molar-refractivity contribution in [2.75, 3.05) is 27.4 Å². The summed E-state index contributed by atoms with van der Waals surface area (Å²) < 4.78 is 34.8. The molecular formula is C40H40N2O19. The lowest BCUT2D eigenvalue weighted by Gasteiger charge is -2.50. The molecule has 2 amide bonds. The number of aromatic hydroxyl groups is 3. The molecule has 21 nitrogen and oxygen atoms in total. The van der Waals surface area contributed by atoms with E-state index in [0.717, 1.165) is 17.0 Å². The van der Waals surface area contributed by atoms with Gasteiger partial charge in [-0.25, -0.2) is 4.79 Å². The number of nitrogens with one attached hydrogen (secondary N) is 1. The van der Waals surface area contributed by atoms with Crippen molar-refractivity contribution in [1.29, 1.82) is 0 Å². The second-order valence-corrected chi connectivity index (χ2v) is 15.3. The molecule has 2 aliphatic carbocycles. The van der Waals surface area contributed by atoms with Gasteiger partial charge in [-0.05, 0) is 42.7 Å². The number of ether oxygens (including phenoxy) is 6. The molecule has 0 spiro atoms. The van der Waals surface area contributed by atoms with Crippen LogP contribution in [-0.2, 0) is 28.5 Å². The van der Waals surface area contributed by atoms with Gasteiger partial charge in [0.05, 0.1) is 37.0 Å². The zero-order chi connectivity index (χ0) is 44.1. The van der Waals surface area contributed by atoms with Gasteiger partial charge >= 0.3 is 12.1 Å². The molecule has 0 radical (unpaired) electrons. The lowest BCUT2D eigenvalue weighted by Crippen LogP contribution is -2.68. The first-order valence-electron chi connectivity index (χ1n) is 18.9. The number of nitrogens with zero attached hydrogens (tertiary/aromatic N) is 1. The number of benzene rings is 3. The topological polar surface area (TPSA) is 318 Å². The van der Waals surface area contributed by atoms with Gasteiger partial charge in [-0.1, -0.05) is 6.07 Å². The van der Waals surface area contributed by atoms with E-state index in [1.807, 2.05) is 0 Å². The van der Waals surface area contributed by atoms with Crippen molar-refractivity contribution in [3.63, 3.8) is 0 Å². The number of aliphatic hydroxyl groups is 4. The van der Waals surface area contributed by atoms with Crippen LogP contribution in [-0.4, -0.2) is 158 Å². The number of methoxy groups -OCH3 is 1. The van der Waals surface area contributed by atoms with Crippen LogP contribution in [0.25, 0.3) is 11.1 Å². The Bertz CT molecular complexity index is 2400. The molecule has 0 aromatic heterocycles. The number of fused-ring (bicyclic) bond motifs is 7. The SMILES string of the molecule is COc1cc(O)c2c(c1)C(=O)c1c(cc3c(c1O)-c1c(cc(C)c(C(=O)NC(C)C(=O)O)c1O)[C@H](OC1COC4C(OC5OCC(O)C(O)C5O)C1OC(=O)N4C)[C@H]3O)C2=O. The Balaban J connectivity index is 1.26. The number of carboxylic acid groups (broad SMARTS) is 1. The Morgan fingerprint density at radius 2 is 1.52 bits per heavy atom. The number of aryl methyl sites for hydroxylation is 1.